The molecular weight excluding hydrogens is 492 g/mol. The van der Waals surface area contributed by atoms with Crippen molar-refractivity contribution < 1.29 is 22.5 Å². The molecule has 2 heterocycles. The number of methoxy groups -OCH3 is 1. The van der Waals surface area contributed by atoms with Gasteiger partial charge in [0.2, 0.25) is 9.84 Å². The Morgan fingerprint density at radius 2 is 1.86 bits per heavy atom. The largest absolute Gasteiger partial charge is 0.496 e. The number of aryl methyl sites for hydroxylation is 3. The lowest BCUT2D eigenvalue weighted by atomic mass is 9.68. The molecule has 2 atom stereocenters. The highest BCUT2D eigenvalue weighted by molar-refractivity contribution is 7.92. The summed E-state index contributed by atoms with van der Waals surface area (Å²) in [5, 5.41) is 12.7. The molecule has 0 spiro atoms. The Labute approximate surface area is 215 Å². The van der Waals surface area contributed by atoms with Crippen LogP contribution < -0.4 is 10.1 Å². The number of hydrogen-bond donors (Lipinski definition) is 2. The molecule has 10 heteroatoms. The van der Waals surface area contributed by atoms with Crippen LogP contribution in [0, 0.1) is 13.8 Å². The van der Waals surface area contributed by atoms with Gasteiger partial charge in [-0.05, 0) is 56.4 Å². The molecule has 2 N–H and O–H groups in total. The number of carbonyl (C=O) groups is 1. The molecule has 0 radical (unpaired) electrons. The molecule has 37 heavy (non-hydrogen) atoms. The lowest BCUT2D eigenvalue weighted by Gasteiger charge is -2.43. The van der Waals surface area contributed by atoms with Crippen LogP contribution in [0.2, 0.25) is 0 Å². The lowest BCUT2D eigenvalue weighted by molar-refractivity contribution is 0.0926. The van der Waals surface area contributed by atoms with Gasteiger partial charge in [-0.1, -0.05) is 47.6 Å². The van der Waals surface area contributed by atoms with E-state index in [4.69, 9.17) is 9.26 Å². The van der Waals surface area contributed by atoms with E-state index in [0.29, 0.717) is 25.0 Å². The smallest absolute Gasteiger partial charge is 0.256 e. The molecule has 4 aromatic rings. The second-order valence-corrected chi connectivity index (χ2v) is 11.3. The molecule has 0 fully saturated rings. The molecule has 5 rings (SSSR count). The van der Waals surface area contributed by atoms with Gasteiger partial charge in [-0.2, -0.15) is 5.10 Å². The van der Waals surface area contributed by atoms with Crippen LogP contribution in [0.1, 0.15) is 45.1 Å². The standard InChI is InChI=1S/C27H28N4O5S/c1-17-24(18(2)36-31-17)37(33,34)26(29-25(32)21-11-7-8-12-23(21)35-3)27(20-9-5-4-6-10-20)14-13-22-19(15-27)16-28-30-22/h4-12,16,26H,13-15H2,1-3H3,(H,28,30)(H,29,32). The maximum Gasteiger partial charge on any atom is 0.256 e. The van der Waals surface area contributed by atoms with Crippen molar-refractivity contribution in [3.8, 4) is 5.75 Å². The van der Waals surface area contributed by atoms with Crippen LogP contribution >= 0.6 is 0 Å². The zero-order chi connectivity index (χ0) is 26.2. The molecule has 0 saturated heterocycles. The summed E-state index contributed by atoms with van der Waals surface area (Å²) >= 11 is 0. The van der Waals surface area contributed by atoms with E-state index in [-0.39, 0.29) is 21.9 Å². The van der Waals surface area contributed by atoms with E-state index >= 15 is 0 Å². The topological polar surface area (TPSA) is 127 Å². The average Bonchev–Trinajstić information content (AvgIpc) is 3.52. The predicted octanol–water partition coefficient (Wildman–Crippen LogP) is 3.68. The minimum absolute atomic E-state index is 0.00822. The molecule has 0 saturated carbocycles. The number of rotatable bonds is 7. The summed E-state index contributed by atoms with van der Waals surface area (Å²) < 4.78 is 39.7. The number of hydrogen-bond acceptors (Lipinski definition) is 7. The number of carbonyl (C=O) groups excluding carboxylic acids is 1. The van der Waals surface area contributed by atoms with Crippen molar-refractivity contribution in [2.75, 3.05) is 7.11 Å². The first-order valence-electron chi connectivity index (χ1n) is 12.0. The summed E-state index contributed by atoms with van der Waals surface area (Å²) in [6.45, 7) is 3.16. The third kappa shape index (κ3) is 4.21. The summed E-state index contributed by atoms with van der Waals surface area (Å²) in [4.78, 5) is 13.7. The number of para-hydroxylation sites is 1. The van der Waals surface area contributed by atoms with Crippen LogP contribution in [-0.2, 0) is 28.1 Å². The second-order valence-electron chi connectivity index (χ2n) is 9.32. The second kappa shape index (κ2) is 9.51. The van der Waals surface area contributed by atoms with Gasteiger partial charge >= 0.3 is 0 Å². The van der Waals surface area contributed by atoms with Gasteiger partial charge in [0.05, 0.1) is 24.6 Å². The van der Waals surface area contributed by atoms with Gasteiger partial charge in [0.15, 0.2) is 5.76 Å². The molecule has 2 aromatic heterocycles. The average molecular weight is 521 g/mol. The minimum Gasteiger partial charge on any atom is -0.496 e. The number of benzene rings is 2. The van der Waals surface area contributed by atoms with Gasteiger partial charge in [0.1, 0.15) is 16.0 Å². The Kier molecular flexibility index (Phi) is 6.36. The van der Waals surface area contributed by atoms with E-state index in [2.05, 4.69) is 20.7 Å². The summed E-state index contributed by atoms with van der Waals surface area (Å²) in [6.07, 6.45) is 3.13. The van der Waals surface area contributed by atoms with Crippen molar-refractivity contribution in [3.05, 3.63) is 94.6 Å². The van der Waals surface area contributed by atoms with Crippen LogP contribution in [0.25, 0.3) is 0 Å². The van der Waals surface area contributed by atoms with Gasteiger partial charge in [-0.3, -0.25) is 9.89 Å². The number of nitrogens with zero attached hydrogens (tertiary/aromatic N) is 2. The Morgan fingerprint density at radius 1 is 1.14 bits per heavy atom. The lowest BCUT2D eigenvalue weighted by Crippen LogP contribution is -2.57. The number of aromatic amines is 1. The molecule has 192 valence electrons. The quantitative estimate of drug-likeness (QED) is 0.381. The van der Waals surface area contributed by atoms with Crippen molar-refractivity contribution in [2.24, 2.45) is 0 Å². The van der Waals surface area contributed by atoms with Gasteiger partial charge in [-0.15, -0.1) is 0 Å². The molecular formula is C27H28N4O5S. The zero-order valence-electron chi connectivity index (χ0n) is 20.8. The number of ether oxygens (including phenoxy) is 1. The van der Waals surface area contributed by atoms with Crippen LogP contribution in [-0.4, -0.2) is 42.2 Å². The van der Waals surface area contributed by atoms with Crippen molar-refractivity contribution in [3.63, 3.8) is 0 Å². The number of amides is 1. The fourth-order valence-corrected chi connectivity index (χ4v) is 7.73. The van der Waals surface area contributed by atoms with Gasteiger partial charge in [-0.25, -0.2) is 8.42 Å². The Morgan fingerprint density at radius 3 is 2.57 bits per heavy atom. The van der Waals surface area contributed by atoms with Crippen LogP contribution in [0.5, 0.6) is 5.75 Å². The molecule has 0 bridgehead atoms. The Hall–Kier alpha value is -3.92. The highest BCUT2D eigenvalue weighted by Gasteiger charge is 2.52. The number of H-pyrrole nitrogens is 1. The van der Waals surface area contributed by atoms with Crippen molar-refractivity contribution in [2.45, 2.75) is 48.8 Å². The first kappa shape index (κ1) is 24.8. The fraction of sp³-hybridized carbons (Fsp3) is 0.296. The van der Waals surface area contributed by atoms with E-state index in [1.807, 2.05) is 30.3 Å². The van der Waals surface area contributed by atoms with E-state index < -0.39 is 26.5 Å². The van der Waals surface area contributed by atoms with E-state index in [0.717, 1.165) is 16.8 Å². The summed E-state index contributed by atoms with van der Waals surface area (Å²) in [5.41, 5.74) is 2.19. The highest BCUT2D eigenvalue weighted by atomic mass is 32.2. The van der Waals surface area contributed by atoms with E-state index in [1.165, 1.54) is 7.11 Å². The third-order valence-electron chi connectivity index (χ3n) is 7.16. The Balaban J connectivity index is 1.72. The fourth-order valence-electron chi connectivity index (χ4n) is 5.41. The number of nitrogens with one attached hydrogen (secondary N) is 2. The van der Waals surface area contributed by atoms with Gasteiger partial charge in [0, 0.05) is 11.1 Å². The highest BCUT2D eigenvalue weighted by Crippen LogP contribution is 2.44. The number of aromatic nitrogens is 3. The molecule has 0 aliphatic heterocycles. The molecule has 1 amide bonds. The summed E-state index contributed by atoms with van der Waals surface area (Å²) in [6, 6.07) is 16.2. The van der Waals surface area contributed by atoms with Crippen molar-refractivity contribution >= 4 is 15.7 Å². The monoisotopic (exact) mass is 520 g/mol. The minimum atomic E-state index is -4.19. The predicted molar refractivity (Wildman–Crippen MR) is 136 cm³/mol. The maximum absolute atomic E-state index is 14.5. The third-order valence-corrected chi connectivity index (χ3v) is 9.50. The molecule has 2 unspecified atom stereocenters. The van der Waals surface area contributed by atoms with Crippen LogP contribution in [0.3, 0.4) is 0 Å². The molecule has 9 nitrogen and oxygen atoms in total. The normalized spacial score (nSPS) is 18.1. The van der Waals surface area contributed by atoms with Gasteiger partial charge in [0.25, 0.3) is 5.91 Å². The molecule has 2 aromatic carbocycles. The maximum atomic E-state index is 14.5. The SMILES string of the molecule is COc1ccccc1C(=O)NC(C1(c2ccccc2)CCc2[nH]ncc2C1)S(=O)(=O)c1c(C)noc1C. The molecule has 1 aliphatic rings. The van der Waals surface area contributed by atoms with Crippen molar-refractivity contribution in [1.82, 2.24) is 20.7 Å². The van der Waals surface area contributed by atoms with Gasteiger partial charge < -0.3 is 14.6 Å². The van der Waals surface area contributed by atoms with Crippen LogP contribution in [0.4, 0.5) is 0 Å². The zero-order valence-corrected chi connectivity index (χ0v) is 21.6. The van der Waals surface area contributed by atoms with Crippen LogP contribution in [0.15, 0.2) is 70.2 Å². The number of fused-ring (bicyclic) bond motifs is 1. The first-order chi connectivity index (χ1) is 17.8. The Bertz CT molecular complexity index is 1520. The molecule has 1 aliphatic carbocycles. The van der Waals surface area contributed by atoms with Crippen molar-refractivity contribution in [1.29, 1.82) is 0 Å². The first-order valence-corrected chi connectivity index (χ1v) is 13.5. The summed E-state index contributed by atoms with van der Waals surface area (Å²) in [5.74, 6) is -0.0221. The number of sulfone groups is 1. The summed E-state index contributed by atoms with van der Waals surface area (Å²) in [7, 11) is -2.72. The van der Waals surface area contributed by atoms with E-state index in [1.54, 1.807) is 44.3 Å². The van der Waals surface area contributed by atoms with E-state index in [9.17, 15) is 13.2 Å².